The Balaban J connectivity index is 2.31. The molecule has 0 N–H and O–H groups in total. The molecular weight excluding hydrogens is 162 g/mol. The summed E-state index contributed by atoms with van der Waals surface area (Å²) in [4.78, 5) is 0. The van der Waals surface area contributed by atoms with E-state index in [9.17, 15) is 0 Å². The zero-order valence-corrected chi connectivity index (χ0v) is 7.43. The Morgan fingerprint density at radius 1 is 1.73 bits per heavy atom. The van der Waals surface area contributed by atoms with Gasteiger partial charge in [-0.1, -0.05) is 0 Å². The van der Waals surface area contributed by atoms with E-state index in [0.29, 0.717) is 12.5 Å². The van der Waals surface area contributed by atoms with Gasteiger partial charge in [0.25, 0.3) is 0 Å². The van der Waals surface area contributed by atoms with Crippen LogP contribution >= 0.6 is 11.5 Å². The van der Waals surface area contributed by atoms with Gasteiger partial charge >= 0.3 is 0 Å². The molecule has 0 fully saturated rings. The van der Waals surface area contributed by atoms with Crippen molar-refractivity contribution in [1.29, 1.82) is 0 Å². The first-order chi connectivity index (χ1) is 5.33. The molecule has 0 saturated heterocycles. The molecule has 62 valence electrons. The van der Waals surface area contributed by atoms with Crippen molar-refractivity contribution in [2.75, 3.05) is 6.61 Å². The minimum atomic E-state index is -0.206. The molecule has 4 heteroatoms. The molecule has 1 atom stereocenters. The maximum absolute atomic E-state index is 5.27. The molecule has 0 aromatic carbocycles. The fourth-order valence-electron chi connectivity index (χ4n) is 0.701. The van der Waals surface area contributed by atoms with Gasteiger partial charge in [-0.3, -0.25) is 0 Å². The van der Waals surface area contributed by atoms with E-state index in [2.05, 4.69) is 4.37 Å². The van der Waals surface area contributed by atoms with Crippen LogP contribution in [0.15, 0.2) is 11.4 Å². The maximum atomic E-state index is 5.27. The molecule has 0 aliphatic carbocycles. The second-order valence-electron chi connectivity index (χ2n) is 1.98. The number of hydrogen-bond donors (Lipinski definition) is 0. The monoisotopic (exact) mass is 173 g/mol. The van der Waals surface area contributed by atoms with Crippen molar-refractivity contribution in [3.63, 3.8) is 0 Å². The normalized spacial score (nSPS) is 12.9. The highest BCUT2D eigenvalue weighted by Gasteiger charge is 2.02. The molecule has 11 heavy (non-hydrogen) atoms. The van der Waals surface area contributed by atoms with Crippen LogP contribution in [0, 0.1) is 0 Å². The molecule has 1 rings (SSSR count). The van der Waals surface area contributed by atoms with Crippen molar-refractivity contribution >= 4 is 11.5 Å². The summed E-state index contributed by atoms with van der Waals surface area (Å²) in [6, 6.07) is 1.82. The van der Waals surface area contributed by atoms with Crippen LogP contribution < -0.4 is 4.74 Å². The van der Waals surface area contributed by atoms with Gasteiger partial charge in [0.15, 0.2) is 6.29 Å². The lowest BCUT2D eigenvalue weighted by atomic mass is 10.7. The second kappa shape index (κ2) is 4.31. The van der Waals surface area contributed by atoms with Crippen LogP contribution in [0.5, 0.6) is 5.88 Å². The van der Waals surface area contributed by atoms with Gasteiger partial charge in [-0.25, -0.2) is 0 Å². The van der Waals surface area contributed by atoms with Crippen molar-refractivity contribution in [1.82, 2.24) is 4.37 Å². The van der Waals surface area contributed by atoms with Gasteiger partial charge in [0.2, 0.25) is 5.88 Å². The first kappa shape index (κ1) is 8.49. The van der Waals surface area contributed by atoms with E-state index in [4.69, 9.17) is 9.47 Å². The van der Waals surface area contributed by atoms with E-state index in [1.807, 2.05) is 25.3 Å². The van der Waals surface area contributed by atoms with Crippen molar-refractivity contribution in [3.8, 4) is 5.88 Å². The minimum absolute atomic E-state index is 0.206. The number of rotatable bonds is 4. The van der Waals surface area contributed by atoms with Gasteiger partial charge < -0.3 is 9.47 Å². The Hall–Kier alpha value is -0.610. The van der Waals surface area contributed by atoms with Crippen LogP contribution in [0.2, 0.25) is 0 Å². The summed E-state index contributed by atoms with van der Waals surface area (Å²) >= 11 is 1.37. The van der Waals surface area contributed by atoms with E-state index < -0.39 is 0 Å². The quantitative estimate of drug-likeness (QED) is 0.652. The van der Waals surface area contributed by atoms with Gasteiger partial charge in [0, 0.05) is 18.1 Å². The van der Waals surface area contributed by atoms with Gasteiger partial charge in [0.05, 0.1) is 0 Å². The summed E-state index contributed by atoms with van der Waals surface area (Å²) in [5.41, 5.74) is 0. The van der Waals surface area contributed by atoms with Crippen LogP contribution in [0.3, 0.4) is 0 Å². The summed E-state index contributed by atoms with van der Waals surface area (Å²) in [7, 11) is 0. The number of ether oxygens (including phenoxy) is 2. The highest BCUT2D eigenvalue weighted by molar-refractivity contribution is 7.03. The average Bonchev–Trinajstić information content (AvgIpc) is 2.40. The van der Waals surface area contributed by atoms with E-state index in [0.717, 1.165) is 0 Å². The smallest absolute Gasteiger partial charge is 0.227 e. The Labute approximate surface area is 70.1 Å². The van der Waals surface area contributed by atoms with Gasteiger partial charge in [-0.05, 0) is 25.4 Å². The summed E-state index contributed by atoms with van der Waals surface area (Å²) < 4.78 is 14.4. The molecule has 0 bridgehead atoms. The van der Waals surface area contributed by atoms with Crippen LogP contribution in [0.25, 0.3) is 0 Å². The largest absolute Gasteiger partial charge is 0.447 e. The molecule has 0 radical (unpaired) electrons. The third kappa shape index (κ3) is 2.86. The van der Waals surface area contributed by atoms with Crippen molar-refractivity contribution in [2.24, 2.45) is 0 Å². The molecule has 1 aromatic heterocycles. The number of aromatic nitrogens is 1. The Morgan fingerprint density at radius 3 is 3.09 bits per heavy atom. The minimum Gasteiger partial charge on any atom is -0.447 e. The standard InChI is InChI=1S/C7H11NO2S/c1-3-9-6(2)10-7-4-5-11-8-7/h4-6H,3H2,1-2H3/t6-/m0/s1. The van der Waals surface area contributed by atoms with Crippen molar-refractivity contribution in [3.05, 3.63) is 11.4 Å². The summed E-state index contributed by atoms with van der Waals surface area (Å²) in [6.45, 7) is 4.44. The topological polar surface area (TPSA) is 31.4 Å². The van der Waals surface area contributed by atoms with Crippen LogP contribution in [-0.4, -0.2) is 17.3 Å². The molecule has 1 aromatic rings. The highest BCUT2D eigenvalue weighted by Crippen LogP contribution is 2.10. The predicted molar refractivity (Wildman–Crippen MR) is 43.8 cm³/mol. The second-order valence-corrected chi connectivity index (χ2v) is 2.64. The lowest BCUT2D eigenvalue weighted by molar-refractivity contribution is -0.0631. The van der Waals surface area contributed by atoms with Crippen LogP contribution in [-0.2, 0) is 4.74 Å². The van der Waals surface area contributed by atoms with Crippen molar-refractivity contribution < 1.29 is 9.47 Å². The van der Waals surface area contributed by atoms with E-state index in [-0.39, 0.29) is 6.29 Å². The number of nitrogens with zero attached hydrogens (tertiary/aromatic N) is 1. The lowest BCUT2D eigenvalue weighted by Gasteiger charge is -2.10. The predicted octanol–water partition coefficient (Wildman–Crippen LogP) is 1.90. The Morgan fingerprint density at radius 2 is 2.55 bits per heavy atom. The summed E-state index contributed by atoms with van der Waals surface area (Å²) in [5, 5.41) is 1.87. The van der Waals surface area contributed by atoms with Crippen LogP contribution in [0.1, 0.15) is 13.8 Å². The van der Waals surface area contributed by atoms with Gasteiger partial charge in [-0.2, -0.15) is 4.37 Å². The fraction of sp³-hybridized carbons (Fsp3) is 0.571. The van der Waals surface area contributed by atoms with Gasteiger partial charge in [-0.15, -0.1) is 0 Å². The van der Waals surface area contributed by atoms with E-state index in [1.54, 1.807) is 0 Å². The molecule has 0 unspecified atom stereocenters. The van der Waals surface area contributed by atoms with Crippen molar-refractivity contribution in [2.45, 2.75) is 20.1 Å². The number of hydrogen-bond acceptors (Lipinski definition) is 4. The molecular formula is C7H11NO2S. The zero-order chi connectivity index (χ0) is 8.10. The molecule has 0 aliphatic heterocycles. The molecule has 0 amide bonds. The van der Waals surface area contributed by atoms with E-state index >= 15 is 0 Å². The summed E-state index contributed by atoms with van der Waals surface area (Å²) in [5.74, 6) is 0.635. The first-order valence-electron chi connectivity index (χ1n) is 3.51. The molecule has 0 aliphatic rings. The fourth-order valence-corrected chi connectivity index (χ4v) is 1.15. The zero-order valence-electron chi connectivity index (χ0n) is 6.61. The molecule has 1 heterocycles. The highest BCUT2D eigenvalue weighted by atomic mass is 32.1. The lowest BCUT2D eigenvalue weighted by Crippen LogP contribution is -2.15. The molecule has 0 saturated carbocycles. The molecule has 0 spiro atoms. The van der Waals surface area contributed by atoms with Crippen LogP contribution in [0.4, 0.5) is 0 Å². The SMILES string of the molecule is CCO[C@H](C)Oc1ccsn1. The van der Waals surface area contributed by atoms with E-state index in [1.165, 1.54) is 11.5 Å². The Kier molecular flexibility index (Phi) is 3.32. The third-order valence-corrected chi connectivity index (χ3v) is 1.65. The third-order valence-electron chi connectivity index (χ3n) is 1.10. The van der Waals surface area contributed by atoms with Gasteiger partial charge in [0.1, 0.15) is 0 Å². The average molecular weight is 173 g/mol. The summed E-state index contributed by atoms with van der Waals surface area (Å²) in [6.07, 6.45) is -0.206. The molecule has 3 nitrogen and oxygen atoms in total. The Bertz CT molecular complexity index is 188. The maximum Gasteiger partial charge on any atom is 0.227 e. The first-order valence-corrected chi connectivity index (χ1v) is 4.35.